The van der Waals surface area contributed by atoms with E-state index in [0.717, 1.165) is 24.3 Å². The Balaban J connectivity index is 2.14. The predicted octanol–water partition coefficient (Wildman–Crippen LogP) is 6.57. The van der Waals surface area contributed by atoms with Crippen molar-refractivity contribution in [1.29, 1.82) is 0 Å². The monoisotopic (exact) mass is 494 g/mol. The van der Waals surface area contributed by atoms with E-state index < -0.39 is 40.7 Å². The van der Waals surface area contributed by atoms with Gasteiger partial charge in [0.25, 0.3) is 5.92 Å². The molecule has 1 unspecified atom stereocenters. The zero-order valence-electron chi connectivity index (χ0n) is 16.4. The van der Waals surface area contributed by atoms with Gasteiger partial charge in [-0.15, -0.1) is 0 Å². The molecule has 164 valence electrons. The summed E-state index contributed by atoms with van der Waals surface area (Å²) in [6.07, 6.45) is -4.87. The van der Waals surface area contributed by atoms with Gasteiger partial charge in [0.05, 0.1) is 22.1 Å². The fraction of sp³-hybridized carbons (Fsp3) is 0.381. The van der Waals surface area contributed by atoms with E-state index in [1.54, 1.807) is 20.8 Å². The van der Waals surface area contributed by atoms with Crippen molar-refractivity contribution in [3.63, 3.8) is 0 Å². The summed E-state index contributed by atoms with van der Waals surface area (Å²) in [6.45, 7) is 5.04. The third-order valence-electron chi connectivity index (χ3n) is 4.11. The van der Waals surface area contributed by atoms with Gasteiger partial charge in [0.15, 0.2) is 0 Å². The van der Waals surface area contributed by atoms with Crippen molar-refractivity contribution in [3.8, 4) is 5.75 Å². The van der Waals surface area contributed by atoms with Gasteiger partial charge >= 0.3 is 12.1 Å². The van der Waals surface area contributed by atoms with Crippen LogP contribution in [0.5, 0.6) is 5.75 Å². The van der Waals surface area contributed by atoms with Gasteiger partial charge in [-0.05, 0) is 67.0 Å². The Morgan fingerprint density at radius 3 is 1.97 bits per heavy atom. The van der Waals surface area contributed by atoms with E-state index in [1.165, 1.54) is 6.07 Å². The fourth-order valence-corrected chi connectivity index (χ4v) is 2.97. The van der Waals surface area contributed by atoms with E-state index in [4.69, 9.17) is 9.47 Å². The highest BCUT2D eigenvalue weighted by atomic mass is 79.9. The van der Waals surface area contributed by atoms with Crippen molar-refractivity contribution < 1.29 is 36.2 Å². The summed E-state index contributed by atoms with van der Waals surface area (Å²) in [5, 5.41) is 0. The van der Waals surface area contributed by atoms with Gasteiger partial charge in [0.2, 0.25) is 0 Å². The van der Waals surface area contributed by atoms with Crippen molar-refractivity contribution in [1.82, 2.24) is 0 Å². The van der Waals surface area contributed by atoms with Crippen molar-refractivity contribution in [2.24, 2.45) is 5.92 Å². The molecule has 0 saturated heterocycles. The van der Waals surface area contributed by atoms with Crippen LogP contribution in [0.3, 0.4) is 0 Å². The number of hydrogen-bond acceptors (Lipinski definition) is 3. The van der Waals surface area contributed by atoms with Crippen LogP contribution in [0.25, 0.3) is 0 Å². The second-order valence-electron chi connectivity index (χ2n) is 6.99. The normalized spacial score (nSPS) is 13.3. The van der Waals surface area contributed by atoms with Crippen LogP contribution in [0.4, 0.5) is 22.0 Å². The van der Waals surface area contributed by atoms with E-state index in [2.05, 4.69) is 15.9 Å². The molecule has 0 bridgehead atoms. The molecule has 0 amide bonds. The van der Waals surface area contributed by atoms with Crippen LogP contribution >= 0.6 is 15.9 Å². The lowest BCUT2D eigenvalue weighted by atomic mass is 9.99. The van der Waals surface area contributed by atoms with Gasteiger partial charge in [-0.3, -0.25) is 4.79 Å². The van der Waals surface area contributed by atoms with Gasteiger partial charge in [0.1, 0.15) is 12.4 Å². The number of esters is 1. The highest BCUT2D eigenvalue weighted by molar-refractivity contribution is 9.10. The number of rotatable bonds is 7. The second-order valence-corrected chi connectivity index (χ2v) is 7.85. The van der Waals surface area contributed by atoms with Crippen LogP contribution < -0.4 is 4.74 Å². The summed E-state index contributed by atoms with van der Waals surface area (Å²) in [4.78, 5) is 11.8. The summed E-state index contributed by atoms with van der Waals surface area (Å²) in [5.41, 5.74) is -1.99. The van der Waals surface area contributed by atoms with Crippen molar-refractivity contribution >= 4 is 21.9 Å². The molecule has 30 heavy (non-hydrogen) atoms. The molecule has 3 nitrogen and oxygen atoms in total. The quantitative estimate of drug-likeness (QED) is 0.322. The number of ether oxygens (including phenoxy) is 2. The molecule has 0 radical (unpaired) electrons. The average Bonchev–Trinajstić information content (AvgIpc) is 2.65. The molecule has 1 atom stereocenters. The van der Waals surface area contributed by atoms with E-state index in [-0.39, 0.29) is 22.9 Å². The Kier molecular flexibility index (Phi) is 7.49. The summed E-state index contributed by atoms with van der Waals surface area (Å²) in [6, 6.07) is 6.30. The lowest BCUT2D eigenvalue weighted by Crippen LogP contribution is -2.24. The van der Waals surface area contributed by atoms with E-state index >= 15 is 0 Å². The third-order valence-corrected chi connectivity index (χ3v) is 4.73. The average molecular weight is 495 g/mol. The summed E-state index contributed by atoms with van der Waals surface area (Å²) in [5.74, 6) is -4.27. The number of carbonyl (C=O) groups excluding carboxylic acids is 1. The molecule has 2 aromatic rings. The minimum Gasteiger partial charge on any atom is -0.492 e. The first-order valence-corrected chi connectivity index (χ1v) is 9.80. The zero-order chi connectivity index (χ0) is 22.7. The van der Waals surface area contributed by atoms with Crippen LogP contribution in [0.2, 0.25) is 0 Å². The molecule has 0 heterocycles. The van der Waals surface area contributed by atoms with Gasteiger partial charge in [-0.2, -0.15) is 22.0 Å². The molecule has 0 aliphatic carbocycles. The smallest absolute Gasteiger partial charge is 0.416 e. The molecular formula is C21H20BrF5O3. The maximum absolute atomic E-state index is 14.8. The van der Waals surface area contributed by atoms with E-state index in [9.17, 15) is 26.7 Å². The molecule has 0 spiro atoms. The molecule has 0 aliphatic heterocycles. The molecule has 2 rings (SSSR count). The van der Waals surface area contributed by atoms with E-state index in [0.29, 0.717) is 12.1 Å². The molecule has 2 aromatic carbocycles. The number of halogens is 6. The summed E-state index contributed by atoms with van der Waals surface area (Å²) >= 11 is 3.15. The van der Waals surface area contributed by atoms with Crippen LogP contribution in [-0.4, -0.2) is 18.7 Å². The molecular weight excluding hydrogens is 475 g/mol. The SMILES string of the molecule is CC(C)OC(=O)C(C)COc1ccc(C(F)(F)c2ccc(C(F)(F)F)cc2)cc1Br. The Morgan fingerprint density at radius 2 is 1.47 bits per heavy atom. The van der Waals surface area contributed by atoms with Crippen LogP contribution in [0.15, 0.2) is 46.9 Å². The van der Waals surface area contributed by atoms with Gasteiger partial charge < -0.3 is 9.47 Å². The van der Waals surface area contributed by atoms with Crippen molar-refractivity contribution in [2.45, 2.75) is 39.0 Å². The Labute approximate surface area is 179 Å². The number of benzene rings is 2. The number of alkyl halides is 5. The van der Waals surface area contributed by atoms with Gasteiger partial charge in [-0.25, -0.2) is 0 Å². The first-order chi connectivity index (χ1) is 13.8. The van der Waals surface area contributed by atoms with Crippen LogP contribution in [0, 0.1) is 5.92 Å². The molecule has 0 aliphatic rings. The molecule has 9 heteroatoms. The summed E-state index contributed by atoms with van der Waals surface area (Å²) in [7, 11) is 0. The third kappa shape index (κ3) is 5.93. The Bertz CT molecular complexity index is 879. The van der Waals surface area contributed by atoms with Gasteiger partial charge in [-0.1, -0.05) is 12.1 Å². The fourth-order valence-electron chi connectivity index (χ4n) is 2.48. The van der Waals surface area contributed by atoms with Gasteiger partial charge in [0, 0.05) is 11.1 Å². The standard InChI is InChI=1S/C21H20BrF5O3/c1-12(2)30-19(28)13(3)11-29-18-9-8-16(10-17(18)22)20(23,24)14-4-6-15(7-5-14)21(25,26)27/h4-10,12-13H,11H2,1-3H3. The second kappa shape index (κ2) is 9.32. The highest BCUT2D eigenvalue weighted by Crippen LogP contribution is 2.40. The number of carbonyl (C=O) groups is 1. The maximum Gasteiger partial charge on any atom is 0.416 e. The lowest BCUT2D eigenvalue weighted by molar-refractivity contribution is -0.152. The van der Waals surface area contributed by atoms with Crippen molar-refractivity contribution in [3.05, 3.63) is 63.6 Å². The maximum atomic E-state index is 14.8. The minimum atomic E-state index is -4.60. The predicted molar refractivity (Wildman–Crippen MR) is 104 cm³/mol. The molecule has 0 aromatic heterocycles. The first-order valence-electron chi connectivity index (χ1n) is 9.01. The Hall–Kier alpha value is -2.16. The number of hydrogen-bond donors (Lipinski definition) is 0. The Morgan fingerprint density at radius 1 is 0.933 bits per heavy atom. The largest absolute Gasteiger partial charge is 0.492 e. The minimum absolute atomic E-state index is 0.0151. The highest BCUT2D eigenvalue weighted by Gasteiger charge is 2.36. The topological polar surface area (TPSA) is 35.5 Å². The van der Waals surface area contributed by atoms with Crippen molar-refractivity contribution in [2.75, 3.05) is 6.61 Å². The van der Waals surface area contributed by atoms with Crippen LogP contribution in [0.1, 0.15) is 37.5 Å². The summed E-state index contributed by atoms with van der Waals surface area (Å²) < 4.78 is 78.3. The molecule has 0 N–H and O–H groups in total. The lowest BCUT2D eigenvalue weighted by Gasteiger charge is -2.20. The molecule has 0 fully saturated rings. The zero-order valence-corrected chi connectivity index (χ0v) is 18.0. The van der Waals surface area contributed by atoms with E-state index in [1.807, 2.05) is 0 Å². The first kappa shape index (κ1) is 24.1. The molecule has 0 saturated carbocycles. The van der Waals surface area contributed by atoms with Crippen LogP contribution in [-0.2, 0) is 21.6 Å².